The van der Waals surface area contributed by atoms with Crippen molar-refractivity contribution in [2.24, 2.45) is 0 Å². The van der Waals surface area contributed by atoms with Gasteiger partial charge in [0.2, 0.25) is 5.88 Å². The molecule has 1 atom stereocenters. The SMILES string of the molecule is CC(C)(C)OC(=O)N1CCCC(Oc2ccc(B3OC(C)(C)C(C)(C)O3)cn2)C1. The summed E-state index contributed by atoms with van der Waals surface area (Å²) in [6.45, 7) is 14.9. The molecule has 0 aromatic carbocycles. The first-order valence-electron chi connectivity index (χ1n) is 10.3. The van der Waals surface area contributed by atoms with E-state index in [-0.39, 0.29) is 23.4 Å². The van der Waals surface area contributed by atoms with E-state index in [1.54, 1.807) is 11.1 Å². The van der Waals surface area contributed by atoms with E-state index in [1.165, 1.54) is 0 Å². The smallest absolute Gasteiger partial charge is 0.472 e. The maximum Gasteiger partial charge on any atom is 0.496 e. The molecular weight excluding hydrogens is 371 g/mol. The monoisotopic (exact) mass is 404 g/mol. The van der Waals surface area contributed by atoms with Gasteiger partial charge in [-0.3, -0.25) is 0 Å². The Balaban J connectivity index is 1.58. The Bertz CT molecular complexity index is 714. The van der Waals surface area contributed by atoms with Crippen LogP contribution in [0.15, 0.2) is 18.3 Å². The standard InChI is InChI=1S/C21H33BN2O5/c1-19(2,3)27-18(25)24-12-8-9-16(14-24)26-17-11-10-15(13-23-17)22-28-20(4,5)21(6,7)29-22/h10-11,13,16H,8-9,12,14H2,1-7H3. The molecule has 8 heteroatoms. The predicted molar refractivity (Wildman–Crippen MR) is 111 cm³/mol. The fraction of sp³-hybridized carbons (Fsp3) is 0.714. The molecule has 0 N–H and O–H groups in total. The van der Waals surface area contributed by atoms with Crippen molar-refractivity contribution in [1.82, 2.24) is 9.88 Å². The van der Waals surface area contributed by atoms with Crippen molar-refractivity contribution in [3.63, 3.8) is 0 Å². The predicted octanol–water partition coefficient (Wildman–Crippen LogP) is 3.16. The van der Waals surface area contributed by atoms with Crippen LogP contribution in [0.5, 0.6) is 5.88 Å². The van der Waals surface area contributed by atoms with Crippen LogP contribution in [-0.2, 0) is 14.0 Å². The third kappa shape index (κ3) is 5.23. The molecule has 1 aromatic rings. The average Bonchev–Trinajstić information content (AvgIpc) is 2.82. The molecule has 2 fully saturated rings. The van der Waals surface area contributed by atoms with Crippen molar-refractivity contribution in [3.05, 3.63) is 18.3 Å². The van der Waals surface area contributed by atoms with Crippen LogP contribution in [0.2, 0.25) is 0 Å². The second-order valence-electron chi connectivity index (χ2n) is 9.83. The Morgan fingerprint density at radius 1 is 1.21 bits per heavy atom. The number of likely N-dealkylation sites (tertiary alicyclic amines) is 1. The zero-order valence-electron chi connectivity index (χ0n) is 18.7. The highest BCUT2D eigenvalue weighted by atomic mass is 16.7. The minimum absolute atomic E-state index is 0.105. The maximum atomic E-state index is 12.3. The van der Waals surface area contributed by atoms with Crippen LogP contribution < -0.4 is 10.2 Å². The number of ether oxygens (including phenoxy) is 2. The van der Waals surface area contributed by atoms with Gasteiger partial charge in [0.1, 0.15) is 11.7 Å². The molecule has 0 spiro atoms. The van der Waals surface area contributed by atoms with E-state index in [2.05, 4.69) is 4.98 Å². The van der Waals surface area contributed by atoms with Gasteiger partial charge in [-0.2, -0.15) is 0 Å². The van der Waals surface area contributed by atoms with Gasteiger partial charge < -0.3 is 23.7 Å². The van der Waals surface area contributed by atoms with Crippen molar-refractivity contribution in [1.29, 1.82) is 0 Å². The number of nitrogens with zero attached hydrogens (tertiary/aromatic N) is 2. The summed E-state index contributed by atoms with van der Waals surface area (Å²) in [5.74, 6) is 0.529. The van der Waals surface area contributed by atoms with Gasteiger partial charge in [-0.15, -0.1) is 0 Å². The minimum atomic E-state index is -0.504. The van der Waals surface area contributed by atoms with Crippen molar-refractivity contribution >= 4 is 18.7 Å². The molecule has 2 aliphatic rings. The first-order valence-corrected chi connectivity index (χ1v) is 10.3. The Kier molecular flexibility index (Phi) is 5.89. The van der Waals surface area contributed by atoms with E-state index in [4.69, 9.17) is 18.8 Å². The number of aromatic nitrogens is 1. The summed E-state index contributed by atoms with van der Waals surface area (Å²) < 4.78 is 23.6. The summed E-state index contributed by atoms with van der Waals surface area (Å²) >= 11 is 0. The van der Waals surface area contributed by atoms with Gasteiger partial charge >= 0.3 is 13.2 Å². The number of carbonyl (C=O) groups is 1. The number of piperidine rings is 1. The second kappa shape index (κ2) is 7.80. The molecule has 7 nitrogen and oxygen atoms in total. The Hall–Kier alpha value is -1.80. The lowest BCUT2D eigenvalue weighted by atomic mass is 9.80. The number of rotatable bonds is 3. The van der Waals surface area contributed by atoms with Crippen LogP contribution in [0.1, 0.15) is 61.3 Å². The van der Waals surface area contributed by atoms with Gasteiger partial charge in [0.15, 0.2) is 0 Å². The van der Waals surface area contributed by atoms with Gasteiger partial charge in [-0.05, 0) is 67.4 Å². The third-order valence-electron chi connectivity index (χ3n) is 5.60. The summed E-state index contributed by atoms with van der Waals surface area (Å²) in [7, 11) is -0.445. The van der Waals surface area contributed by atoms with Crippen LogP contribution in [0.25, 0.3) is 0 Å². The van der Waals surface area contributed by atoms with Gasteiger partial charge in [0, 0.05) is 18.2 Å². The van der Waals surface area contributed by atoms with Gasteiger partial charge in [-0.1, -0.05) is 6.07 Å². The van der Waals surface area contributed by atoms with Crippen LogP contribution in [0, 0.1) is 0 Å². The van der Waals surface area contributed by atoms with E-state index < -0.39 is 12.7 Å². The third-order valence-corrected chi connectivity index (χ3v) is 5.60. The summed E-state index contributed by atoms with van der Waals surface area (Å²) in [6, 6.07) is 3.74. The molecule has 1 amide bonds. The molecule has 0 saturated carbocycles. The van der Waals surface area contributed by atoms with Gasteiger partial charge in [0.05, 0.1) is 17.7 Å². The Morgan fingerprint density at radius 3 is 2.41 bits per heavy atom. The summed E-state index contributed by atoms with van der Waals surface area (Å²) in [6.07, 6.45) is 3.07. The lowest BCUT2D eigenvalue weighted by Gasteiger charge is -2.33. The van der Waals surface area contributed by atoms with E-state index in [0.717, 1.165) is 18.3 Å². The Morgan fingerprint density at radius 2 is 1.86 bits per heavy atom. The molecule has 0 bridgehead atoms. The molecule has 29 heavy (non-hydrogen) atoms. The van der Waals surface area contributed by atoms with Crippen LogP contribution >= 0.6 is 0 Å². The number of hydrogen-bond acceptors (Lipinski definition) is 6. The molecule has 1 unspecified atom stereocenters. The molecule has 3 rings (SSSR count). The van der Waals surface area contributed by atoms with Gasteiger partial charge in [0.25, 0.3) is 0 Å². The molecule has 0 aliphatic carbocycles. The van der Waals surface area contributed by atoms with E-state index in [9.17, 15) is 4.79 Å². The number of amides is 1. The lowest BCUT2D eigenvalue weighted by molar-refractivity contribution is 0.00578. The molecule has 3 heterocycles. The molecule has 1 aromatic heterocycles. The molecule has 2 aliphatic heterocycles. The quantitative estimate of drug-likeness (QED) is 0.721. The summed E-state index contributed by atoms with van der Waals surface area (Å²) in [5, 5.41) is 0. The maximum absolute atomic E-state index is 12.3. The fourth-order valence-electron chi connectivity index (χ4n) is 3.28. The molecule has 160 valence electrons. The first-order chi connectivity index (χ1) is 13.4. The molecule has 0 radical (unpaired) electrons. The number of carbonyl (C=O) groups excluding carboxylic acids is 1. The molecular formula is C21H33BN2O5. The highest BCUT2D eigenvalue weighted by molar-refractivity contribution is 6.62. The zero-order chi connectivity index (χ0) is 21.4. The summed E-state index contributed by atoms with van der Waals surface area (Å²) in [5.41, 5.74) is -0.425. The fourth-order valence-corrected chi connectivity index (χ4v) is 3.28. The normalized spacial score (nSPS) is 23.8. The highest BCUT2D eigenvalue weighted by Crippen LogP contribution is 2.36. The van der Waals surface area contributed by atoms with Crippen molar-refractivity contribution < 1.29 is 23.6 Å². The van der Waals surface area contributed by atoms with E-state index >= 15 is 0 Å². The van der Waals surface area contributed by atoms with Crippen molar-refractivity contribution in [2.75, 3.05) is 13.1 Å². The van der Waals surface area contributed by atoms with Crippen molar-refractivity contribution in [2.45, 2.75) is 84.2 Å². The van der Waals surface area contributed by atoms with Crippen LogP contribution in [0.3, 0.4) is 0 Å². The zero-order valence-corrected chi connectivity index (χ0v) is 18.7. The number of pyridine rings is 1. The first kappa shape index (κ1) is 21.9. The Labute approximate surface area is 174 Å². The van der Waals surface area contributed by atoms with Gasteiger partial charge in [-0.25, -0.2) is 9.78 Å². The van der Waals surface area contributed by atoms with Crippen molar-refractivity contribution in [3.8, 4) is 5.88 Å². The highest BCUT2D eigenvalue weighted by Gasteiger charge is 2.51. The van der Waals surface area contributed by atoms with E-state index in [1.807, 2.05) is 60.6 Å². The minimum Gasteiger partial charge on any atom is -0.472 e. The summed E-state index contributed by atoms with van der Waals surface area (Å²) in [4.78, 5) is 18.4. The average molecular weight is 404 g/mol. The van der Waals surface area contributed by atoms with E-state index in [0.29, 0.717) is 19.0 Å². The van der Waals surface area contributed by atoms with Crippen LogP contribution in [-0.4, -0.2) is 59.1 Å². The lowest BCUT2D eigenvalue weighted by Crippen LogP contribution is -2.46. The number of hydrogen-bond donors (Lipinski definition) is 0. The topological polar surface area (TPSA) is 70.1 Å². The molecule has 2 saturated heterocycles. The van der Waals surface area contributed by atoms with Crippen LogP contribution in [0.4, 0.5) is 4.79 Å². The second-order valence-corrected chi connectivity index (χ2v) is 9.83. The largest absolute Gasteiger partial charge is 0.496 e.